The van der Waals surface area contributed by atoms with Gasteiger partial charge in [-0.15, -0.1) is 0 Å². The Bertz CT molecular complexity index is 858. The van der Waals surface area contributed by atoms with E-state index in [1.807, 2.05) is 6.92 Å². The number of likely N-dealkylation sites (tertiary alicyclic amines) is 1. The van der Waals surface area contributed by atoms with E-state index in [2.05, 4.69) is 5.32 Å². The molecule has 2 aromatic carbocycles. The van der Waals surface area contributed by atoms with Crippen LogP contribution in [0.3, 0.4) is 0 Å². The topological polar surface area (TPSA) is 77.1 Å². The van der Waals surface area contributed by atoms with Crippen LogP contribution in [0.2, 0.25) is 0 Å². The van der Waals surface area contributed by atoms with Gasteiger partial charge in [-0.3, -0.25) is 0 Å². The standard InChI is InChI=1S/C21H23FN2O5/c1-3-28-15-10-8-14(9-11-15)23-21(26)24-13-16(12-18(24)20(25)27-2)29-19-7-5-4-6-17(19)22/h4-11,16,18H,3,12-13H2,1-2H3,(H,23,26). The first-order valence-electron chi connectivity index (χ1n) is 9.31. The maximum atomic E-state index is 13.9. The summed E-state index contributed by atoms with van der Waals surface area (Å²) in [5.41, 5.74) is 0.556. The number of esters is 1. The first-order valence-corrected chi connectivity index (χ1v) is 9.31. The number of nitrogens with zero attached hydrogens (tertiary/aromatic N) is 1. The molecule has 2 unspecified atom stereocenters. The van der Waals surface area contributed by atoms with E-state index in [0.29, 0.717) is 18.0 Å². The number of carbonyl (C=O) groups excluding carboxylic acids is 2. The molecule has 0 spiro atoms. The highest BCUT2D eigenvalue weighted by atomic mass is 19.1. The van der Waals surface area contributed by atoms with E-state index in [0.717, 1.165) is 0 Å². The van der Waals surface area contributed by atoms with E-state index in [-0.39, 0.29) is 18.7 Å². The van der Waals surface area contributed by atoms with Crippen LogP contribution in [0.15, 0.2) is 48.5 Å². The Balaban J connectivity index is 1.70. The van der Waals surface area contributed by atoms with Gasteiger partial charge in [0.05, 0.1) is 20.3 Å². The molecule has 154 valence electrons. The average molecular weight is 402 g/mol. The molecule has 2 aromatic rings. The first-order chi connectivity index (χ1) is 14.0. The van der Waals surface area contributed by atoms with Crippen molar-refractivity contribution in [2.45, 2.75) is 25.5 Å². The molecule has 0 saturated carbocycles. The van der Waals surface area contributed by atoms with Crippen molar-refractivity contribution in [3.63, 3.8) is 0 Å². The van der Waals surface area contributed by atoms with Gasteiger partial charge in [0.25, 0.3) is 0 Å². The van der Waals surface area contributed by atoms with Gasteiger partial charge in [-0.25, -0.2) is 14.0 Å². The highest BCUT2D eigenvalue weighted by Crippen LogP contribution is 2.26. The highest BCUT2D eigenvalue weighted by Gasteiger charge is 2.41. The number of amides is 2. The number of nitrogens with one attached hydrogen (secondary N) is 1. The van der Waals surface area contributed by atoms with Crippen LogP contribution in [0.1, 0.15) is 13.3 Å². The Morgan fingerprint density at radius 1 is 1.17 bits per heavy atom. The lowest BCUT2D eigenvalue weighted by Crippen LogP contribution is -2.43. The van der Waals surface area contributed by atoms with Gasteiger partial charge in [-0.2, -0.15) is 0 Å². The number of hydrogen-bond acceptors (Lipinski definition) is 5. The van der Waals surface area contributed by atoms with Crippen molar-refractivity contribution in [2.24, 2.45) is 0 Å². The van der Waals surface area contributed by atoms with E-state index < -0.39 is 30.0 Å². The fourth-order valence-electron chi connectivity index (χ4n) is 3.18. The third-order valence-corrected chi connectivity index (χ3v) is 4.54. The molecular weight excluding hydrogens is 379 g/mol. The summed E-state index contributed by atoms with van der Waals surface area (Å²) in [4.78, 5) is 26.3. The molecule has 0 bridgehead atoms. The Morgan fingerprint density at radius 3 is 2.55 bits per heavy atom. The van der Waals surface area contributed by atoms with Crippen LogP contribution in [0, 0.1) is 5.82 Å². The lowest BCUT2D eigenvalue weighted by Gasteiger charge is -2.22. The van der Waals surface area contributed by atoms with E-state index in [9.17, 15) is 14.0 Å². The zero-order chi connectivity index (χ0) is 20.8. The number of urea groups is 1. The van der Waals surface area contributed by atoms with E-state index in [1.54, 1.807) is 36.4 Å². The van der Waals surface area contributed by atoms with Crippen molar-refractivity contribution in [2.75, 3.05) is 25.6 Å². The lowest BCUT2D eigenvalue weighted by atomic mass is 10.2. The maximum absolute atomic E-state index is 13.9. The SMILES string of the molecule is CCOc1ccc(NC(=O)N2CC(Oc3ccccc3F)CC2C(=O)OC)cc1. The molecule has 0 aromatic heterocycles. The molecule has 1 aliphatic heterocycles. The van der Waals surface area contributed by atoms with Gasteiger partial charge in [0.15, 0.2) is 11.6 Å². The Labute approximate surface area is 168 Å². The zero-order valence-electron chi connectivity index (χ0n) is 16.3. The van der Waals surface area contributed by atoms with Crippen LogP contribution < -0.4 is 14.8 Å². The second-order valence-corrected chi connectivity index (χ2v) is 6.48. The van der Waals surface area contributed by atoms with E-state index >= 15 is 0 Å². The minimum Gasteiger partial charge on any atom is -0.494 e. The summed E-state index contributed by atoms with van der Waals surface area (Å²) < 4.78 is 29.8. The summed E-state index contributed by atoms with van der Waals surface area (Å²) in [6.45, 7) is 2.55. The summed E-state index contributed by atoms with van der Waals surface area (Å²) in [5, 5.41) is 2.75. The quantitative estimate of drug-likeness (QED) is 0.749. The summed E-state index contributed by atoms with van der Waals surface area (Å²) >= 11 is 0. The zero-order valence-corrected chi connectivity index (χ0v) is 16.3. The fraction of sp³-hybridized carbons (Fsp3) is 0.333. The normalized spacial score (nSPS) is 18.2. The number of rotatable bonds is 6. The fourth-order valence-corrected chi connectivity index (χ4v) is 3.18. The van der Waals surface area contributed by atoms with Crippen LogP contribution in [0.25, 0.3) is 0 Å². The molecule has 1 N–H and O–H groups in total. The van der Waals surface area contributed by atoms with Crippen LogP contribution >= 0.6 is 0 Å². The third-order valence-electron chi connectivity index (χ3n) is 4.54. The molecule has 1 heterocycles. The largest absolute Gasteiger partial charge is 0.494 e. The van der Waals surface area contributed by atoms with Crippen LogP contribution in [0.5, 0.6) is 11.5 Å². The summed E-state index contributed by atoms with van der Waals surface area (Å²) in [5.74, 6) is -0.279. The number of carbonyl (C=O) groups is 2. The van der Waals surface area contributed by atoms with Gasteiger partial charge in [0, 0.05) is 12.1 Å². The summed E-state index contributed by atoms with van der Waals surface area (Å²) in [6, 6.07) is 11.6. The molecule has 1 aliphatic rings. The lowest BCUT2D eigenvalue weighted by molar-refractivity contribution is -0.144. The third kappa shape index (κ3) is 4.96. The van der Waals surface area contributed by atoms with Crippen molar-refractivity contribution in [1.29, 1.82) is 0 Å². The van der Waals surface area contributed by atoms with Gasteiger partial charge in [0.2, 0.25) is 0 Å². The second-order valence-electron chi connectivity index (χ2n) is 6.48. The predicted octanol–water partition coefficient (Wildman–Crippen LogP) is 3.45. The summed E-state index contributed by atoms with van der Waals surface area (Å²) in [7, 11) is 1.26. The molecule has 2 amide bonds. The Morgan fingerprint density at radius 2 is 1.90 bits per heavy atom. The van der Waals surface area contributed by atoms with Crippen molar-refractivity contribution in [3.8, 4) is 11.5 Å². The van der Waals surface area contributed by atoms with Crippen molar-refractivity contribution >= 4 is 17.7 Å². The van der Waals surface area contributed by atoms with Gasteiger partial charge in [-0.05, 0) is 43.3 Å². The Hall–Kier alpha value is -3.29. The number of hydrogen-bond donors (Lipinski definition) is 1. The number of anilines is 1. The molecule has 8 heteroatoms. The monoisotopic (exact) mass is 402 g/mol. The molecule has 3 rings (SSSR count). The number of halogens is 1. The predicted molar refractivity (Wildman–Crippen MR) is 105 cm³/mol. The van der Waals surface area contributed by atoms with Crippen LogP contribution in [-0.4, -0.2) is 49.3 Å². The molecule has 7 nitrogen and oxygen atoms in total. The molecule has 0 radical (unpaired) electrons. The van der Waals surface area contributed by atoms with Gasteiger partial charge < -0.3 is 24.4 Å². The van der Waals surface area contributed by atoms with Crippen LogP contribution in [0.4, 0.5) is 14.9 Å². The van der Waals surface area contributed by atoms with Crippen molar-refractivity contribution in [3.05, 3.63) is 54.3 Å². The molecule has 0 aliphatic carbocycles. The van der Waals surface area contributed by atoms with E-state index in [4.69, 9.17) is 14.2 Å². The maximum Gasteiger partial charge on any atom is 0.328 e. The summed E-state index contributed by atoms with van der Waals surface area (Å²) in [6.07, 6.45) is -0.334. The average Bonchev–Trinajstić information content (AvgIpc) is 3.15. The molecule has 1 fully saturated rings. The number of para-hydroxylation sites is 1. The second kappa shape index (κ2) is 9.27. The molecular formula is C21H23FN2O5. The molecule has 29 heavy (non-hydrogen) atoms. The van der Waals surface area contributed by atoms with Crippen LogP contribution in [-0.2, 0) is 9.53 Å². The smallest absolute Gasteiger partial charge is 0.328 e. The van der Waals surface area contributed by atoms with Crippen molar-refractivity contribution < 1.29 is 28.2 Å². The highest BCUT2D eigenvalue weighted by molar-refractivity contribution is 5.93. The molecule has 1 saturated heterocycles. The van der Waals surface area contributed by atoms with Gasteiger partial charge in [-0.1, -0.05) is 12.1 Å². The number of ether oxygens (including phenoxy) is 3. The Kier molecular flexibility index (Phi) is 6.54. The van der Waals surface area contributed by atoms with Gasteiger partial charge in [0.1, 0.15) is 17.9 Å². The number of benzene rings is 2. The molecule has 2 atom stereocenters. The van der Waals surface area contributed by atoms with Gasteiger partial charge >= 0.3 is 12.0 Å². The first kappa shape index (κ1) is 20.4. The minimum atomic E-state index is -0.820. The minimum absolute atomic E-state index is 0.0786. The van der Waals surface area contributed by atoms with Crippen molar-refractivity contribution in [1.82, 2.24) is 4.90 Å². The van der Waals surface area contributed by atoms with E-state index in [1.165, 1.54) is 24.1 Å². The number of methoxy groups -OCH3 is 1.